The molecule has 1 aliphatic rings. The van der Waals surface area contributed by atoms with Crippen molar-refractivity contribution in [3.8, 4) is 0 Å². The Hall–Kier alpha value is -1.40. The summed E-state index contributed by atoms with van der Waals surface area (Å²) >= 11 is 8.05. The van der Waals surface area contributed by atoms with E-state index in [0.717, 1.165) is 3.57 Å². The molecule has 0 saturated heterocycles. The largest absolute Gasteiger partial charge is 0.304 e. The lowest BCUT2D eigenvalue weighted by molar-refractivity contribution is -0.113. The van der Waals surface area contributed by atoms with Crippen LogP contribution in [0.1, 0.15) is 10.4 Å². The van der Waals surface area contributed by atoms with Crippen molar-refractivity contribution in [1.29, 1.82) is 0 Å². The zero-order chi connectivity index (χ0) is 13.6. The monoisotopic (exact) mass is 383 g/mol. The molecule has 0 aliphatic carbocycles. The highest BCUT2D eigenvalue weighted by Crippen LogP contribution is 2.36. The Morgan fingerprint density at radius 3 is 2.58 bits per heavy atom. The molecule has 0 unspecified atom stereocenters. The van der Waals surface area contributed by atoms with Crippen molar-refractivity contribution in [3.05, 3.63) is 56.6 Å². The van der Waals surface area contributed by atoms with Crippen LogP contribution in [0.3, 0.4) is 0 Å². The molecule has 0 fully saturated rings. The molecule has 1 heterocycles. The third-order valence-electron chi connectivity index (χ3n) is 2.91. The van der Waals surface area contributed by atoms with Crippen molar-refractivity contribution in [2.45, 2.75) is 0 Å². The fourth-order valence-corrected chi connectivity index (χ4v) is 2.76. The molecule has 0 saturated carbocycles. The molecule has 0 spiro atoms. The summed E-state index contributed by atoms with van der Waals surface area (Å²) in [6, 6.07) is 12.3. The Morgan fingerprint density at radius 1 is 1.05 bits per heavy atom. The Bertz CT molecular complexity index is 714. The number of nitrogens with zero attached hydrogens (tertiary/aromatic N) is 1. The molecule has 2 aromatic rings. The SMILES string of the molecule is O=C1C(=O)N(c2cccc(Cl)c2)c2ccc(I)cc21. The molecule has 0 radical (unpaired) electrons. The van der Waals surface area contributed by atoms with Crippen molar-refractivity contribution in [2.24, 2.45) is 0 Å². The number of benzene rings is 2. The first-order valence-electron chi connectivity index (χ1n) is 5.52. The molecular weight excluding hydrogens is 377 g/mol. The minimum atomic E-state index is -0.542. The van der Waals surface area contributed by atoms with Gasteiger partial charge in [-0.1, -0.05) is 17.7 Å². The fourth-order valence-electron chi connectivity index (χ4n) is 2.08. The quantitative estimate of drug-likeness (QED) is 0.555. The number of halogens is 2. The number of rotatable bonds is 1. The van der Waals surface area contributed by atoms with E-state index in [2.05, 4.69) is 22.6 Å². The maximum atomic E-state index is 12.1. The fraction of sp³-hybridized carbons (Fsp3) is 0. The molecule has 1 amide bonds. The van der Waals surface area contributed by atoms with Gasteiger partial charge in [-0.05, 0) is 59.0 Å². The molecule has 0 N–H and O–H groups in total. The Balaban J connectivity index is 2.19. The molecule has 94 valence electrons. The second-order valence-electron chi connectivity index (χ2n) is 4.11. The van der Waals surface area contributed by atoms with Gasteiger partial charge in [0.2, 0.25) is 0 Å². The zero-order valence-electron chi connectivity index (χ0n) is 9.56. The van der Waals surface area contributed by atoms with E-state index in [1.807, 2.05) is 6.07 Å². The van der Waals surface area contributed by atoms with Crippen LogP contribution in [0.2, 0.25) is 5.02 Å². The lowest BCUT2D eigenvalue weighted by Crippen LogP contribution is -2.24. The van der Waals surface area contributed by atoms with E-state index in [1.165, 1.54) is 4.90 Å². The third-order valence-corrected chi connectivity index (χ3v) is 3.81. The molecule has 19 heavy (non-hydrogen) atoms. The highest BCUT2D eigenvalue weighted by Gasteiger charge is 2.36. The second-order valence-corrected chi connectivity index (χ2v) is 5.79. The smallest absolute Gasteiger partial charge is 0.283 e. The van der Waals surface area contributed by atoms with E-state index in [-0.39, 0.29) is 0 Å². The highest BCUT2D eigenvalue weighted by molar-refractivity contribution is 14.1. The van der Waals surface area contributed by atoms with E-state index < -0.39 is 11.7 Å². The summed E-state index contributed by atoms with van der Waals surface area (Å²) in [5.74, 6) is -1.02. The summed E-state index contributed by atoms with van der Waals surface area (Å²) in [5, 5.41) is 0.525. The summed E-state index contributed by atoms with van der Waals surface area (Å²) in [5.41, 5.74) is 1.65. The third kappa shape index (κ3) is 2.04. The average molecular weight is 384 g/mol. The number of Topliss-reactive ketones (excluding diaryl/α,β-unsaturated/α-hetero) is 1. The Morgan fingerprint density at radius 2 is 1.84 bits per heavy atom. The van der Waals surface area contributed by atoms with Crippen molar-refractivity contribution in [1.82, 2.24) is 0 Å². The lowest BCUT2D eigenvalue weighted by Gasteiger charge is -2.16. The van der Waals surface area contributed by atoms with E-state index in [9.17, 15) is 9.59 Å². The molecule has 5 heteroatoms. The first-order valence-corrected chi connectivity index (χ1v) is 6.97. The first-order chi connectivity index (χ1) is 9.08. The van der Waals surface area contributed by atoms with Crippen LogP contribution in [0, 0.1) is 3.57 Å². The van der Waals surface area contributed by atoms with Crippen LogP contribution in [-0.2, 0) is 4.79 Å². The van der Waals surface area contributed by atoms with Gasteiger partial charge in [0.25, 0.3) is 5.78 Å². The van der Waals surface area contributed by atoms with E-state index in [1.54, 1.807) is 36.4 Å². The van der Waals surface area contributed by atoms with Gasteiger partial charge < -0.3 is 0 Å². The van der Waals surface area contributed by atoms with Gasteiger partial charge in [0.15, 0.2) is 0 Å². The van der Waals surface area contributed by atoms with Crippen molar-refractivity contribution >= 4 is 57.3 Å². The number of ketones is 1. The summed E-state index contributed by atoms with van der Waals surface area (Å²) in [4.78, 5) is 25.5. The van der Waals surface area contributed by atoms with Gasteiger partial charge in [0, 0.05) is 8.59 Å². The number of carbonyl (C=O) groups excluding carboxylic acids is 2. The topological polar surface area (TPSA) is 37.4 Å². The number of carbonyl (C=O) groups is 2. The van der Waals surface area contributed by atoms with Gasteiger partial charge in [-0.3, -0.25) is 14.5 Å². The summed E-state index contributed by atoms with van der Waals surface area (Å²) in [6.45, 7) is 0. The molecule has 0 aromatic heterocycles. The molecule has 0 bridgehead atoms. The molecular formula is C14H7ClINO2. The standard InChI is InChI=1S/C14H7ClINO2/c15-8-2-1-3-10(6-8)17-12-5-4-9(16)7-11(12)13(18)14(17)19/h1-7H. The minimum absolute atomic E-state index is 0.442. The van der Waals surface area contributed by atoms with Crippen LogP contribution in [0.5, 0.6) is 0 Å². The summed E-state index contributed by atoms with van der Waals surface area (Å²) in [7, 11) is 0. The van der Waals surface area contributed by atoms with Crippen molar-refractivity contribution < 1.29 is 9.59 Å². The number of amides is 1. The van der Waals surface area contributed by atoms with Crippen LogP contribution in [-0.4, -0.2) is 11.7 Å². The molecule has 3 rings (SSSR count). The van der Waals surface area contributed by atoms with E-state index in [0.29, 0.717) is 22.0 Å². The zero-order valence-corrected chi connectivity index (χ0v) is 12.5. The van der Waals surface area contributed by atoms with Gasteiger partial charge in [-0.15, -0.1) is 0 Å². The van der Waals surface area contributed by atoms with Crippen LogP contribution in [0.4, 0.5) is 11.4 Å². The van der Waals surface area contributed by atoms with E-state index >= 15 is 0 Å². The van der Waals surface area contributed by atoms with Crippen LogP contribution in [0.15, 0.2) is 42.5 Å². The van der Waals surface area contributed by atoms with Crippen LogP contribution < -0.4 is 4.90 Å². The van der Waals surface area contributed by atoms with Crippen LogP contribution in [0.25, 0.3) is 0 Å². The second kappa shape index (κ2) is 4.61. The Kier molecular flexibility index (Phi) is 3.06. The number of anilines is 2. The van der Waals surface area contributed by atoms with Crippen LogP contribution >= 0.6 is 34.2 Å². The van der Waals surface area contributed by atoms with Gasteiger partial charge in [-0.2, -0.15) is 0 Å². The molecule has 0 atom stereocenters. The van der Waals surface area contributed by atoms with Gasteiger partial charge in [0.05, 0.1) is 16.9 Å². The minimum Gasteiger partial charge on any atom is -0.283 e. The van der Waals surface area contributed by atoms with E-state index in [4.69, 9.17) is 11.6 Å². The maximum Gasteiger partial charge on any atom is 0.304 e. The van der Waals surface area contributed by atoms with Crippen molar-refractivity contribution in [3.63, 3.8) is 0 Å². The first kappa shape index (κ1) is 12.6. The van der Waals surface area contributed by atoms with Gasteiger partial charge in [0.1, 0.15) is 0 Å². The number of fused-ring (bicyclic) bond motifs is 1. The van der Waals surface area contributed by atoms with Gasteiger partial charge in [-0.25, -0.2) is 0 Å². The maximum absolute atomic E-state index is 12.1. The highest BCUT2D eigenvalue weighted by atomic mass is 127. The van der Waals surface area contributed by atoms with Crippen molar-refractivity contribution in [2.75, 3.05) is 4.90 Å². The predicted molar refractivity (Wildman–Crippen MR) is 82.1 cm³/mol. The summed E-state index contributed by atoms with van der Waals surface area (Å²) in [6.07, 6.45) is 0. The Labute approximate surface area is 128 Å². The normalized spacial score (nSPS) is 13.9. The number of hydrogen-bond donors (Lipinski definition) is 0. The number of hydrogen-bond acceptors (Lipinski definition) is 2. The summed E-state index contributed by atoms with van der Waals surface area (Å²) < 4.78 is 0.922. The lowest BCUT2D eigenvalue weighted by atomic mass is 10.1. The molecule has 2 aromatic carbocycles. The molecule has 1 aliphatic heterocycles. The van der Waals surface area contributed by atoms with Gasteiger partial charge >= 0.3 is 5.91 Å². The average Bonchev–Trinajstić information content (AvgIpc) is 2.62. The molecule has 3 nitrogen and oxygen atoms in total. The predicted octanol–water partition coefficient (Wildman–Crippen LogP) is 3.81.